The molecule has 0 aromatic carbocycles. The third-order valence-electron chi connectivity index (χ3n) is 3.12. The highest BCUT2D eigenvalue weighted by atomic mass is 16.1. The van der Waals surface area contributed by atoms with Crippen molar-refractivity contribution in [2.24, 2.45) is 11.7 Å². The maximum Gasteiger partial charge on any atom is 0.221 e. The van der Waals surface area contributed by atoms with Crippen LogP contribution in [0.5, 0.6) is 0 Å². The quantitative estimate of drug-likeness (QED) is 0.659. The number of nitrogens with two attached hydrogens (primary N) is 1. The number of nitrogens with zero attached hydrogens (tertiary/aromatic N) is 1. The topological polar surface area (TPSA) is 58.4 Å². The molecule has 0 rings (SSSR count). The Kier molecular flexibility index (Phi) is 9.02. The molecule has 2 atom stereocenters. The Balaban J connectivity index is 3.99. The number of hydrogen-bond donors (Lipinski definition) is 2. The minimum atomic E-state index is -0.00194. The van der Waals surface area contributed by atoms with E-state index in [1.54, 1.807) is 0 Å². The summed E-state index contributed by atoms with van der Waals surface area (Å²) in [5.41, 5.74) is 5.86. The van der Waals surface area contributed by atoms with Gasteiger partial charge < -0.3 is 16.0 Å². The molecule has 0 bridgehead atoms. The molecule has 0 saturated heterocycles. The predicted octanol–water partition coefficient (Wildman–Crippen LogP) is 1.60. The molecule has 108 valence electrons. The van der Waals surface area contributed by atoms with E-state index in [1.807, 2.05) is 0 Å². The van der Waals surface area contributed by atoms with Gasteiger partial charge in [-0.25, -0.2) is 0 Å². The standard InChI is InChI=1S/C14H31N3O/c1-6-7-12(15)9-14(18)16-10-13(17(4)5)8-11(2)3/h11-13H,6-10,15H2,1-5H3,(H,16,18). The first-order valence-corrected chi connectivity index (χ1v) is 7.05. The van der Waals surface area contributed by atoms with Crippen LogP contribution < -0.4 is 11.1 Å². The van der Waals surface area contributed by atoms with E-state index in [0.717, 1.165) is 19.3 Å². The number of carbonyl (C=O) groups is 1. The van der Waals surface area contributed by atoms with Crippen molar-refractivity contribution in [1.82, 2.24) is 10.2 Å². The molecule has 2 unspecified atom stereocenters. The minimum absolute atomic E-state index is 0.00194. The summed E-state index contributed by atoms with van der Waals surface area (Å²) in [6.07, 6.45) is 3.47. The molecule has 0 radical (unpaired) electrons. The molecule has 0 spiro atoms. The molecule has 0 saturated carbocycles. The SMILES string of the molecule is CCCC(N)CC(=O)NCC(CC(C)C)N(C)C. The van der Waals surface area contributed by atoms with Crippen molar-refractivity contribution in [2.75, 3.05) is 20.6 Å². The summed E-state index contributed by atoms with van der Waals surface area (Å²) in [6.45, 7) is 7.20. The van der Waals surface area contributed by atoms with E-state index >= 15 is 0 Å². The number of rotatable bonds is 9. The van der Waals surface area contributed by atoms with Gasteiger partial charge in [0.15, 0.2) is 0 Å². The fraction of sp³-hybridized carbons (Fsp3) is 0.929. The van der Waals surface area contributed by atoms with Crippen LogP contribution in [0.15, 0.2) is 0 Å². The molecule has 0 aromatic heterocycles. The van der Waals surface area contributed by atoms with Crippen LogP contribution >= 0.6 is 0 Å². The second-order valence-corrected chi connectivity index (χ2v) is 5.80. The summed E-state index contributed by atoms with van der Waals surface area (Å²) in [4.78, 5) is 13.9. The van der Waals surface area contributed by atoms with Crippen LogP contribution in [0, 0.1) is 5.92 Å². The largest absolute Gasteiger partial charge is 0.354 e. The second kappa shape index (κ2) is 9.34. The van der Waals surface area contributed by atoms with Crippen LogP contribution in [0.2, 0.25) is 0 Å². The predicted molar refractivity (Wildman–Crippen MR) is 77.4 cm³/mol. The monoisotopic (exact) mass is 257 g/mol. The van der Waals surface area contributed by atoms with Crippen LogP contribution in [0.3, 0.4) is 0 Å². The third-order valence-corrected chi connectivity index (χ3v) is 3.12. The summed E-state index contributed by atoms with van der Waals surface area (Å²) in [7, 11) is 4.12. The molecular weight excluding hydrogens is 226 g/mol. The van der Waals surface area contributed by atoms with E-state index < -0.39 is 0 Å². The van der Waals surface area contributed by atoms with E-state index in [4.69, 9.17) is 5.73 Å². The average molecular weight is 257 g/mol. The molecule has 3 N–H and O–H groups in total. The van der Waals surface area contributed by atoms with Crippen molar-refractivity contribution in [3.05, 3.63) is 0 Å². The number of likely N-dealkylation sites (N-methyl/N-ethyl adjacent to an activating group) is 1. The summed E-state index contributed by atoms with van der Waals surface area (Å²) >= 11 is 0. The normalized spacial score (nSPS) is 14.9. The Labute approximate surface area is 112 Å². The van der Waals surface area contributed by atoms with Gasteiger partial charge in [0.25, 0.3) is 0 Å². The summed E-state index contributed by atoms with van der Waals surface area (Å²) in [5.74, 6) is 0.711. The number of nitrogens with one attached hydrogen (secondary N) is 1. The van der Waals surface area contributed by atoms with E-state index in [9.17, 15) is 4.79 Å². The lowest BCUT2D eigenvalue weighted by molar-refractivity contribution is -0.121. The lowest BCUT2D eigenvalue weighted by Gasteiger charge is -2.26. The lowest BCUT2D eigenvalue weighted by Crippen LogP contribution is -2.42. The van der Waals surface area contributed by atoms with E-state index in [1.165, 1.54) is 0 Å². The first-order chi connectivity index (χ1) is 8.36. The highest BCUT2D eigenvalue weighted by molar-refractivity contribution is 5.76. The van der Waals surface area contributed by atoms with Gasteiger partial charge in [0.05, 0.1) is 0 Å². The summed E-state index contributed by atoms with van der Waals surface area (Å²) in [6, 6.07) is 0.397. The Morgan fingerprint density at radius 2 is 1.94 bits per heavy atom. The Hall–Kier alpha value is -0.610. The first kappa shape index (κ1) is 17.4. The molecule has 0 heterocycles. The highest BCUT2D eigenvalue weighted by Crippen LogP contribution is 2.08. The lowest BCUT2D eigenvalue weighted by atomic mass is 10.0. The van der Waals surface area contributed by atoms with Crippen LogP contribution in [-0.2, 0) is 4.79 Å². The molecule has 0 aromatic rings. The molecule has 0 aliphatic rings. The molecular formula is C14H31N3O. The maximum absolute atomic E-state index is 11.7. The van der Waals surface area contributed by atoms with Gasteiger partial charge in [0, 0.05) is 25.0 Å². The van der Waals surface area contributed by atoms with Crippen LogP contribution in [0.4, 0.5) is 0 Å². The zero-order valence-corrected chi connectivity index (χ0v) is 12.7. The van der Waals surface area contributed by atoms with E-state index in [-0.39, 0.29) is 11.9 Å². The molecule has 0 aliphatic carbocycles. The number of amides is 1. The van der Waals surface area contributed by atoms with Crippen LogP contribution in [0.25, 0.3) is 0 Å². The maximum atomic E-state index is 11.7. The van der Waals surface area contributed by atoms with Crippen LogP contribution in [0.1, 0.15) is 46.5 Å². The van der Waals surface area contributed by atoms with Gasteiger partial charge in [-0.05, 0) is 32.9 Å². The van der Waals surface area contributed by atoms with Crippen molar-refractivity contribution in [2.45, 2.75) is 58.5 Å². The summed E-state index contributed by atoms with van der Waals surface area (Å²) < 4.78 is 0. The van der Waals surface area contributed by atoms with Gasteiger partial charge in [0.2, 0.25) is 5.91 Å². The molecule has 18 heavy (non-hydrogen) atoms. The smallest absolute Gasteiger partial charge is 0.221 e. The molecule has 4 nitrogen and oxygen atoms in total. The molecule has 0 aliphatic heterocycles. The van der Waals surface area contributed by atoms with Gasteiger partial charge in [-0.2, -0.15) is 0 Å². The molecule has 0 fully saturated rings. The van der Waals surface area contributed by atoms with Gasteiger partial charge >= 0.3 is 0 Å². The first-order valence-electron chi connectivity index (χ1n) is 7.05. The van der Waals surface area contributed by atoms with Gasteiger partial charge in [-0.15, -0.1) is 0 Å². The fourth-order valence-corrected chi connectivity index (χ4v) is 2.04. The van der Waals surface area contributed by atoms with Gasteiger partial charge in [-0.3, -0.25) is 4.79 Å². The van der Waals surface area contributed by atoms with E-state index in [0.29, 0.717) is 24.9 Å². The third kappa shape index (κ3) is 8.48. The average Bonchev–Trinajstić information content (AvgIpc) is 2.23. The van der Waals surface area contributed by atoms with Gasteiger partial charge in [-0.1, -0.05) is 27.2 Å². The second-order valence-electron chi connectivity index (χ2n) is 5.80. The number of carbonyl (C=O) groups excluding carboxylic acids is 1. The van der Waals surface area contributed by atoms with Crippen molar-refractivity contribution in [1.29, 1.82) is 0 Å². The Bertz CT molecular complexity index is 229. The van der Waals surface area contributed by atoms with E-state index in [2.05, 4.69) is 45.1 Å². The van der Waals surface area contributed by atoms with Crippen molar-refractivity contribution < 1.29 is 4.79 Å². The highest BCUT2D eigenvalue weighted by Gasteiger charge is 2.15. The van der Waals surface area contributed by atoms with Crippen molar-refractivity contribution in [3.8, 4) is 0 Å². The zero-order chi connectivity index (χ0) is 14.1. The van der Waals surface area contributed by atoms with Crippen LogP contribution in [-0.4, -0.2) is 43.5 Å². The Morgan fingerprint density at radius 3 is 2.39 bits per heavy atom. The molecule has 4 heteroatoms. The fourth-order valence-electron chi connectivity index (χ4n) is 2.04. The minimum Gasteiger partial charge on any atom is -0.354 e. The molecule has 1 amide bonds. The number of hydrogen-bond acceptors (Lipinski definition) is 3. The van der Waals surface area contributed by atoms with Gasteiger partial charge in [0.1, 0.15) is 0 Å². The zero-order valence-electron chi connectivity index (χ0n) is 12.7. The summed E-state index contributed by atoms with van der Waals surface area (Å²) in [5, 5.41) is 3.00. The Morgan fingerprint density at radius 1 is 1.33 bits per heavy atom. The van der Waals surface area contributed by atoms with Crippen molar-refractivity contribution in [3.63, 3.8) is 0 Å². The van der Waals surface area contributed by atoms with Crippen molar-refractivity contribution >= 4 is 5.91 Å².